The first-order chi connectivity index (χ1) is 10.2. The molecule has 2 aromatic rings. The number of pyridine rings is 1. The summed E-state index contributed by atoms with van der Waals surface area (Å²) in [6.45, 7) is 0. The highest BCUT2D eigenvalue weighted by Gasteiger charge is 2.34. The lowest BCUT2D eigenvalue weighted by atomic mass is 10.0. The summed E-state index contributed by atoms with van der Waals surface area (Å²) in [6, 6.07) is 4.32. The van der Waals surface area contributed by atoms with E-state index in [1.165, 1.54) is 6.07 Å². The molecule has 0 saturated carbocycles. The van der Waals surface area contributed by atoms with Crippen molar-refractivity contribution >= 4 is 5.97 Å². The van der Waals surface area contributed by atoms with E-state index in [1.807, 2.05) is 0 Å². The van der Waals surface area contributed by atoms with Crippen molar-refractivity contribution in [3.63, 3.8) is 0 Å². The van der Waals surface area contributed by atoms with E-state index < -0.39 is 28.8 Å². The predicted molar refractivity (Wildman–Crippen MR) is 71.0 cm³/mol. The smallest absolute Gasteiger partial charge is 0.419 e. The van der Waals surface area contributed by atoms with Gasteiger partial charge in [-0.25, -0.2) is 4.79 Å². The van der Waals surface area contributed by atoms with Crippen LogP contribution < -0.4 is 10.3 Å². The quantitative estimate of drug-likeness (QED) is 0.913. The molecule has 0 radical (unpaired) electrons. The molecule has 2 N–H and O–H groups in total. The second-order valence-electron chi connectivity index (χ2n) is 4.35. The minimum atomic E-state index is -4.63. The van der Waals surface area contributed by atoms with Crippen molar-refractivity contribution in [2.45, 2.75) is 6.18 Å². The van der Waals surface area contributed by atoms with Gasteiger partial charge in [0.1, 0.15) is 11.3 Å². The number of methoxy groups -OCH3 is 1. The number of aromatic amines is 1. The number of aromatic carboxylic acids is 1. The molecule has 2 rings (SSSR count). The van der Waals surface area contributed by atoms with Crippen LogP contribution in [0.5, 0.6) is 5.75 Å². The Morgan fingerprint density at radius 1 is 1.23 bits per heavy atom. The number of carboxylic acid groups (broad SMARTS) is 1. The first kappa shape index (κ1) is 15.6. The molecule has 5 nitrogen and oxygen atoms in total. The molecular formula is C14H10F3NO4. The fraction of sp³-hybridized carbons (Fsp3) is 0.143. The predicted octanol–water partition coefficient (Wildman–Crippen LogP) is 2.77. The Morgan fingerprint density at radius 2 is 1.91 bits per heavy atom. The van der Waals surface area contributed by atoms with Crippen LogP contribution in [0.3, 0.4) is 0 Å². The molecule has 0 unspecified atom stereocenters. The lowest BCUT2D eigenvalue weighted by Gasteiger charge is -2.13. The summed E-state index contributed by atoms with van der Waals surface area (Å²) in [5, 5.41) is 8.88. The number of hydrogen-bond acceptors (Lipinski definition) is 3. The summed E-state index contributed by atoms with van der Waals surface area (Å²) >= 11 is 0. The van der Waals surface area contributed by atoms with Crippen LogP contribution in [0.2, 0.25) is 0 Å². The average molecular weight is 313 g/mol. The van der Waals surface area contributed by atoms with Crippen LogP contribution in [0.1, 0.15) is 15.9 Å². The standard InChI is InChI=1S/C14H10F3NO4/c1-22-11-3-2-7(5-10(11)14(15,16)17)8-4-9(13(20)21)12(19)18-6-8/h2-6H,1H3,(H,18,19)(H,20,21). The number of benzene rings is 1. The molecule has 0 saturated heterocycles. The Morgan fingerprint density at radius 3 is 2.45 bits per heavy atom. The maximum atomic E-state index is 13.0. The third kappa shape index (κ3) is 2.95. The average Bonchev–Trinajstić information content (AvgIpc) is 2.46. The normalized spacial score (nSPS) is 11.3. The van der Waals surface area contributed by atoms with Gasteiger partial charge in [0.25, 0.3) is 5.56 Å². The van der Waals surface area contributed by atoms with E-state index in [0.29, 0.717) is 0 Å². The molecule has 8 heteroatoms. The zero-order chi connectivity index (χ0) is 16.5. The minimum absolute atomic E-state index is 0.104. The molecule has 0 fully saturated rings. The zero-order valence-corrected chi connectivity index (χ0v) is 11.2. The molecule has 0 bridgehead atoms. The molecule has 0 aliphatic carbocycles. The number of rotatable bonds is 3. The van der Waals surface area contributed by atoms with Crippen LogP contribution in [0.25, 0.3) is 11.1 Å². The van der Waals surface area contributed by atoms with Crippen LogP contribution in [-0.2, 0) is 6.18 Å². The number of ether oxygens (including phenoxy) is 1. The van der Waals surface area contributed by atoms with Gasteiger partial charge in [-0.05, 0) is 29.3 Å². The second-order valence-corrected chi connectivity index (χ2v) is 4.35. The molecule has 0 atom stereocenters. The van der Waals surface area contributed by atoms with E-state index in [9.17, 15) is 22.8 Å². The van der Waals surface area contributed by atoms with E-state index in [2.05, 4.69) is 9.72 Å². The number of halogens is 3. The van der Waals surface area contributed by atoms with Gasteiger partial charge in [-0.2, -0.15) is 13.2 Å². The Kier molecular flexibility index (Phi) is 3.94. The Labute approximate surface area is 122 Å². The SMILES string of the molecule is COc1ccc(-c2c[nH]c(=O)c(C(=O)O)c2)cc1C(F)(F)F. The summed E-state index contributed by atoms with van der Waals surface area (Å²) in [6.07, 6.45) is -3.48. The molecule has 0 aliphatic heterocycles. The van der Waals surface area contributed by atoms with Crippen LogP contribution in [0.4, 0.5) is 13.2 Å². The van der Waals surface area contributed by atoms with Gasteiger partial charge in [-0.15, -0.1) is 0 Å². The fourth-order valence-electron chi connectivity index (χ4n) is 1.92. The van der Waals surface area contributed by atoms with Crippen molar-refractivity contribution in [2.24, 2.45) is 0 Å². The molecule has 0 spiro atoms. The lowest BCUT2D eigenvalue weighted by Crippen LogP contribution is -2.16. The van der Waals surface area contributed by atoms with E-state index in [1.54, 1.807) is 0 Å². The molecule has 22 heavy (non-hydrogen) atoms. The Bertz CT molecular complexity index is 780. The molecule has 116 valence electrons. The Hall–Kier alpha value is -2.77. The van der Waals surface area contributed by atoms with Gasteiger partial charge in [0, 0.05) is 6.20 Å². The van der Waals surface area contributed by atoms with E-state index in [0.717, 1.165) is 31.5 Å². The van der Waals surface area contributed by atoms with Gasteiger partial charge >= 0.3 is 12.1 Å². The van der Waals surface area contributed by atoms with Gasteiger partial charge in [0.2, 0.25) is 0 Å². The van der Waals surface area contributed by atoms with Crippen LogP contribution in [0, 0.1) is 0 Å². The van der Waals surface area contributed by atoms with Crippen molar-refractivity contribution in [3.05, 3.63) is 51.9 Å². The maximum Gasteiger partial charge on any atom is 0.419 e. The van der Waals surface area contributed by atoms with Crippen LogP contribution in [-0.4, -0.2) is 23.2 Å². The number of alkyl halides is 3. The highest BCUT2D eigenvalue weighted by molar-refractivity contribution is 5.88. The minimum Gasteiger partial charge on any atom is -0.496 e. The molecule has 1 aromatic carbocycles. The molecule has 0 aliphatic rings. The second kappa shape index (κ2) is 5.55. The lowest BCUT2D eigenvalue weighted by molar-refractivity contribution is -0.138. The van der Waals surface area contributed by atoms with E-state index >= 15 is 0 Å². The van der Waals surface area contributed by atoms with Gasteiger partial charge in [0.15, 0.2) is 0 Å². The van der Waals surface area contributed by atoms with Gasteiger partial charge < -0.3 is 14.8 Å². The first-order valence-electron chi connectivity index (χ1n) is 5.95. The molecule has 1 aromatic heterocycles. The number of carboxylic acids is 1. The van der Waals surface area contributed by atoms with Crippen LogP contribution in [0.15, 0.2) is 35.3 Å². The molecular weight excluding hydrogens is 303 g/mol. The topological polar surface area (TPSA) is 79.4 Å². The van der Waals surface area contributed by atoms with Gasteiger partial charge in [-0.3, -0.25) is 4.79 Å². The first-order valence-corrected chi connectivity index (χ1v) is 5.95. The summed E-state index contributed by atoms with van der Waals surface area (Å²) in [5.41, 5.74) is -2.13. The van der Waals surface area contributed by atoms with Crippen LogP contribution >= 0.6 is 0 Å². The fourth-order valence-corrected chi connectivity index (χ4v) is 1.92. The summed E-state index contributed by atoms with van der Waals surface area (Å²) in [5.74, 6) is -1.81. The third-order valence-electron chi connectivity index (χ3n) is 2.97. The van der Waals surface area contributed by atoms with Crippen molar-refractivity contribution in [2.75, 3.05) is 7.11 Å². The van der Waals surface area contributed by atoms with Crippen molar-refractivity contribution in [3.8, 4) is 16.9 Å². The molecule has 1 heterocycles. The summed E-state index contributed by atoms with van der Waals surface area (Å²) < 4.78 is 43.6. The largest absolute Gasteiger partial charge is 0.496 e. The maximum absolute atomic E-state index is 13.0. The monoisotopic (exact) mass is 313 g/mol. The zero-order valence-electron chi connectivity index (χ0n) is 11.2. The third-order valence-corrected chi connectivity index (χ3v) is 2.97. The number of aromatic nitrogens is 1. The van der Waals surface area contributed by atoms with E-state index in [4.69, 9.17) is 5.11 Å². The number of carbonyl (C=O) groups is 1. The highest BCUT2D eigenvalue weighted by Crippen LogP contribution is 2.38. The number of H-pyrrole nitrogens is 1. The van der Waals surface area contributed by atoms with Crippen molar-refractivity contribution in [1.29, 1.82) is 0 Å². The van der Waals surface area contributed by atoms with Gasteiger partial charge in [0.05, 0.1) is 12.7 Å². The van der Waals surface area contributed by atoms with Crippen molar-refractivity contribution in [1.82, 2.24) is 4.98 Å². The summed E-state index contributed by atoms with van der Waals surface area (Å²) in [4.78, 5) is 24.4. The van der Waals surface area contributed by atoms with Crippen molar-refractivity contribution < 1.29 is 27.8 Å². The number of nitrogens with one attached hydrogen (secondary N) is 1. The molecule has 0 amide bonds. The highest BCUT2D eigenvalue weighted by atomic mass is 19.4. The van der Waals surface area contributed by atoms with E-state index in [-0.39, 0.29) is 16.9 Å². The van der Waals surface area contributed by atoms with Gasteiger partial charge in [-0.1, -0.05) is 6.07 Å². The summed E-state index contributed by atoms with van der Waals surface area (Å²) in [7, 11) is 1.12. The number of hydrogen-bond donors (Lipinski definition) is 2. The Balaban J connectivity index is 2.61.